The van der Waals surface area contributed by atoms with Crippen LogP contribution < -0.4 is 4.74 Å². The number of ketones is 1. The van der Waals surface area contributed by atoms with Crippen LogP contribution in [0.2, 0.25) is 0 Å². The molecule has 0 saturated carbocycles. The van der Waals surface area contributed by atoms with Crippen molar-refractivity contribution in [2.24, 2.45) is 5.41 Å². The minimum Gasteiger partial charge on any atom is -0.494 e. The molecule has 0 atom stereocenters. The molecule has 114 valence electrons. The van der Waals surface area contributed by atoms with Crippen molar-refractivity contribution in [1.29, 1.82) is 0 Å². The average Bonchev–Trinajstić information content (AvgIpc) is 2.83. The van der Waals surface area contributed by atoms with Crippen molar-refractivity contribution >= 4 is 16.7 Å². The van der Waals surface area contributed by atoms with E-state index in [1.165, 1.54) is 0 Å². The van der Waals surface area contributed by atoms with Crippen molar-refractivity contribution in [3.05, 3.63) is 23.9 Å². The molecule has 0 N–H and O–H groups in total. The number of fused-ring (bicyclic) bond motifs is 1. The van der Waals surface area contributed by atoms with Gasteiger partial charge < -0.3 is 4.74 Å². The van der Waals surface area contributed by atoms with Gasteiger partial charge in [-0.3, -0.25) is 9.48 Å². The summed E-state index contributed by atoms with van der Waals surface area (Å²) in [6.07, 6.45) is 1.67. The number of Topliss-reactive ketones (excluding diaryl/α,β-unsaturated/α-hetero) is 1. The second kappa shape index (κ2) is 5.88. The van der Waals surface area contributed by atoms with Crippen LogP contribution in [0.1, 0.15) is 39.8 Å². The van der Waals surface area contributed by atoms with Crippen LogP contribution in [-0.4, -0.2) is 22.7 Å². The van der Waals surface area contributed by atoms with Gasteiger partial charge in [0.2, 0.25) is 0 Å². The van der Waals surface area contributed by atoms with Crippen molar-refractivity contribution in [2.75, 3.05) is 7.11 Å². The predicted octanol–water partition coefficient (Wildman–Crippen LogP) is 3.61. The Bertz CT molecular complexity index is 656. The first-order valence-corrected chi connectivity index (χ1v) is 7.50. The summed E-state index contributed by atoms with van der Waals surface area (Å²) in [6, 6.07) is 5.90. The van der Waals surface area contributed by atoms with Crippen molar-refractivity contribution in [3.8, 4) is 5.75 Å². The van der Waals surface area contributed by atoms with Crippen molar-refractivity contribution < 1.29 is 9.53 Å². The Hall–Kier alpha value is -1.84. The van der Waals surface area contributed by atoms with Gasteiger partial charge in [0.25, 0.3) is 0 Å². The number of hydrogen-bond donors (Lipinski definition) is 0. The maximum absolute atomic E-state index is 12.5. The SMILES string of the molecule is CCc1c2cccc(OC)c2nn1CC(=O)C(C)(C)CC. The maximum atomic E-state index is 12.5. The molecule has 2 rings (SSSR count). The van der Waals surface area contributed by atoms with E-state index >= 15 is 0 Å². The highest BCUT2D eigenvalue weighted by atomic mass is 16.5. The molecule has 21 heavy (non-hydrogen) atoms. The van der Waals surface area contributed by atoms with E-state index < -0.39 is 0 Å². The Balaban J connectivity index is 2.47. The molecule has 0 bridgehead atoms. The molecule has 0 unspecified atom stereocenters. The molecule has 1 aromatic carbocycles. The summed E-state index contributed by atoms with van der Waals surface area (Å²) in [7, 11) is 1.64. The van der Waals surface area contributed by atoms with Crippen LogP contribution in [0.5, 0.6) is 5.75 Å². The molecule has 0 radical (unpaired) electrons. The molecule has 0 spiro atoms. The zero-order valence-electron chi connectivity index (χ0n) is 13.6. The monoisotopic (exact) mass is 288 g/mol. The Morgan fingerprint density at radius 2 is 2.05 bits per heavy atom. The number of benzene rings is 1. The summed E-state index contributed by atoms with van der Waals surface area (Å²) < 4.78 is 7.21. The number of nitrogens with zero attached hydrogens (tertiary/aromatic N) is 2. The van der Waals surface area contributed by atoms with Gasteiger partial charge in [0, 0.05) is 16.5 Å². The predicted molar refractivity (Wildman–Crippen MR) is 84.7 cm³/mol. The highest BCUT2D eigenvalue weighted by Crippen LogP contribution is 2.28. The largest absolute Gasteiger partial charge is 0.494 e. The van der Waals surface area contributed by atoms with Gasteiger partial charge in [0.15, 0.2) is 5.78 Å². The van der Waals surface area contributed by atoms with Crippen molar-refractivity contribution in [2.45, 2.75) is 47.1 Å². The number of rotatable bonds is 6. The summed E-state index contributed by atoms with van der Waals surface area (Å²) in [5.74, 6) is 0.967. The molecule has 1 heterocycles. The summed E-state index contributed by atoms with van der Waals surface area (Å²) in [5, 5.41) is 5.68. The van der Waals surface area contributed by atoms with Gasteiger partial charge >= 0.3 is 0 Å². The van der Waals surface area contributed by atoms with Crippen LogP contribution in [0.15, 0.2) is 18.2 Å². The fraction of sp³-hybridized carbons (Fsp3) is 0.529. The van der Waals surface area contributed by atoms with Gasteiger partial charge in [-0.25, -0.2) is 0 Å². The van der Waals surface area contributed by atoms with Gasteiger partial charge in [-0.15, -0.1) is 0 Å². The molecule has 0 aliphatic carbocycles. The first-order chi connectivity index (χ1) is 9.94. The lowest BCUT2D eigenvalue weighted by Crippen LogP contribution is -2.28. The zero-order valence-corrected chi connectivity index (χ0v) is 13.6. The van der Waals surface area contributed by atoms with Crippen LogP contribution in [0.25, 0.3) is 10.9 Å². The third-order valence-electron chi connectivity index (χ3n) is 4.33. The first-order valence-electron chi connectivity index (χ1n) is 7.50. The molecule has 2 aromatic rings. The van der Waals surface area contributed by atoms with E-state index in [0.717, 1.165) is 35.2 Å². The number of carbonyl (C=O) groups is 1. The van der Waals surface area contributed by atoms with Gasteiger partial charge in [-0.2, -0.15) is 5.10 Å². The van der Waals surface area contributed by atoms with E-state index in [1.54, 1.807) is 7.11 Å². The fourth-order valence-corrected chi connectivity index (χ4v) is 2.39. The van der Waals surface area contributed by atoms with E-state index in [0.29, 0.717) is 6.54 Å². The maximum Gasteiger partial charge on any atom is 0.159 e. The number of aromatic nitrogens is 2. The van der Waals surface area contributed by atoms with Crippen LogP contribution in [-0.2, 0) is 17.8 Å². The second-order valence-corrected chi connectivity index (χ2v) is 5.97. The van der Waals surface area contributed by atoms with Crippen LogP contribution in [0.4, 0.5) is 0 Å². The molecule has 0 aliphatic heterocycles. The van der Waals surface area contributed by atoms with Crippen molar-refractivity contribution in [3.63, 3.8) is 0 Å². The molecule has 0 fully saturated rings. The molecule has 4 nitrogen and oxygen atoms in total. The summed E-state index contributed by atoms with van der Waals surface area (Å²) in [4.78, 5) is 12.5. The van der Waals surface area contributed by atoms with E-state index in [9.17, 15) is 4.79 Å². The Labute approximate surface area is 126 Å². The minimum absolute atomic E-state index is 0.214. The number of carbonyl (C=O) groups excluding carboxylic acids is 1. The Morgan fingerprint density at radius 1 is 1.33 bits per heavy atom. The molecule has 4 heteroatoms. The van der Waals surface area contributed by atoms with E-state index in [2.05, 4.69) is 12.0 Å². The average molecular weight is 288 g/mol. The van der Waals surface area contributed by atoms with Gasteiger partial charge in [0.1, 0.15) is 17.8 Å². The lowest BCUT2D eigenvalue weighted by atomic mass is 9.85. The highest BCUT2D eigenvalue weighted by Gasteiger charge is 2.26. The van der Waals surface area contributed by atoms with Gasteiger partial charge in [-0.1, -0.05) is 39.8 Å². The van der Waals surface area contributed by atoms with E-state index in [1.807, 2.05) is 43.7 Å². The smallest absolute Gasteiger partial charge is 0.159 e. The van der Waals surface area contributed by atoms with Crippen LogP contribution in [0.3, 0.4) is 0 Å². The van der Waals surface area contributed by atoms with Crippen LogP contribution >= 0.6 is 0 Å². The molecule has 1 aromatic heterocycles. The highest BCUT2D eigenvalue weighted by molar-refractivity contribution is 5.88. The van der Waals surface area contributed by atoms with E-state index in [-0.39, 0.29) is 11.2 Å². The van der Waals surface area contributed by atoms with Gasteiger partial charge in [-0.05, 0) is 18.9 Å². The molecule has 0 amide bonds. The van der Waals surface area contributed by atoms with Crippen molar-refractivity contribution in [1.82, 2.24) is 9.78 Å². The zero-order chi connectivity index (χ0) is 15.6. The van der Waals surface area contributed by atoms with E-state index in [4.69, 9.17) is 4.74 Å². The normalized spacial score (nSPS) is 11.9. The Morgan fingerprint density at radius 3 is 2.62 bits per heavy atom. The quantitative estimate of drug-likeness (QED) is 0.815. The second-order valence-electron chi connectivity index (χ2n) is 5.97. The summed E-state index contributed by atoms with van der Waals surface area (Å²) >= 11 is 0. The number of aryl methyl sites for hydroxylation is 1. The minimum atomic E-state index is -0.312. The topological polar surface area (TPSA) is 44.1 Å². The third-order valence-corrected chi connectivity index (χ3v) is 4.33. The number of hydrogen-bond acceptors (Lipinski definition) is 3. The molecule has 0 aliphatic rings. The molecular weight excluding hydrogens is 264 g/mol. The summed E-state index contributed by atoms with van der Waals surface area (Å²) in [5.41, 5.74) is 1.61. The lowest BCUT2D eigenvalue weighted by Gasteiger charge is -2.21. The first kappa shape index (κ1) is 15.5. The lowest BCUT2D eigenvalue weighted by molar-refractivity contribution is -0.128. The third kappa shape index (κ3) is 2.80. The number of ether oxygens (including phenoxy) is 1. The molecular formula is C17H24N2O2. The molecule has 0 saturated heterocycles. The number of methoxy groups -OCH3 is 1. The standard InChI is InChI=1S/C17H24N2O2/c1-6-13-12-9-8-10-14(21-5)16(12)18-19(13)11-15(20)17(3,4)7-2/h8-10H,6-7,11H2,1-5H3. The van der Waals surface area contributed by atoms with Gasteiger partial charge in [0.05, 0.1) is 7.11 Å². The van der Waals surface area contributed by atoms with Crippen LogP contribution in [0, 0.1) is 5.41 Å². The fourth-order valence-electron chi connectivity index (χ4n) is 2.39. The Kier molecular flexibility index (Phi) is 4.35. The summed E-state index contributed by atoms with van der Waals surface area (Å²) in [6.45, 7) is 8.43.